The number of carbonyl (C=O) groups is 9. The lowest BCUT2D eigenvalue weighted by Crippen LogP contribution is -2.71. The summed E-state index contributed by atoms with van der Waals surface area (Å²) in [5.74, 6) is -5.01. The molecule has 3 aliphatic rings. The average Bonchev–Trinajstić information content (AvgIpc) is 3.75. The van der Waals surface area contributed by atoms with E-state index in [1.54, 1.807) is 36.0 Å². The van der Waals surface area contributed by atoms with Crippen LogP contribution < -0.4 is 43.4 Å². The van der Waals surface area contributed by atoms with Gasteiger partial charge in [0.1, 0.15) is 35.2 Å². The van der Waals surface area contributed by atoms with Crippen LogP contribution in [0.3, 0.4) is 0 Å². The van der Waals surface area contributed by atoms with E-state index in [4.69, 9.17) is 11.5 Å². The Morgan fingerprint density at radius 1 is 0.821 bits per heavy atom. The van der Waals surface area contributed by atoms with E-state index >= 15 is 0 Å². The van der Waals surface area contributed by atoms with Crippen molar-refractivity contribution in [2.75, 3.05) is 40.6 Å². The molecule has 12 N–H and O–H groups in total. The number of unbranched alkanes of at least 4 members (excludes halogenated alkanes) is 2. The SMILES string of the molecule is CCCCC(NC(=O)C(CCCC)NC(=O)C(CCC)C1CC(NC(N)=O)CS1)C(=O)NC(CSCC(=O)Nc1ccc(SCC2=C(C(=O)O)N3C(=O)C(NC(=O)CN)C3SC2)cc1)C(=O)O. The molecule has 0 spiro atoms. The molecule has 2 saturated heterocycles. The lowest BCUT2D eigenvalue weighted by atomic mass is 9.93. The Labute approximate surface area is 407 Å². The molecule has 0 aliphatic carbocycles. The van der Waals surface area contributed by atoms with Gasteiger partial charge in [-0.2, -0.15) is 11.8 Å². The summed E-state index contributed by atoms with van der Waals surface area (Å²) in [4.78, 5) is 116. The van der Waals surface area contributed by atoms with Gasteiger partial charge in [0, 0.05) is 50.8 Å². The molecule has 0 radical (unpaired) electrons. The molecule has 0 aromatic heterocycles. The Kier molecular flexibility index (Phi) is 22.4. The summed E-state index contributed by atoms with van der Waals surface area (Å²) in [5.41, 5.74) is 11.6. The Morgan fingerprint density at radius 2 is 1.45 bits per heavy atom. The minimum atomic E-state index is -1.38. The lowest BCUT2D eigenvalue weighted by molar-refractivity contribution is -0.150. The molecular weight excluding hydrogens is 947 g/mol. The van der Waals surface area contributed by atoms with Crippen molar-refractivity contribution in [3.05, 3.63) is 35.5 Å². The number of benzene rings is 1. The molecule has 1 aromatic carbocycles. The van der Waals surface area contributed by atoms with Crippen LogP contribution in [0.1, 0.15) is 78.6 Å². The van der Waals surface area contributed by atoms with Crippen LogP contribution in [0, 0.1) is 5.92 Å². The summed E-state index contributed by atoms with van der Waals surface area (Å²) in [6, 6.07) is 1.79. The van der Waals surface area contributed by atoms with Crippen LogP contribution in [0.25, 0.3) is 0 Å². The molecule has 24 heteroatoms. The van der Waals surface area contributed by atoms with Crippen molar-refractivity contribution in [2.45, 2.75) is 124 Å². The Balaban J connectivity index is 1.28. The molecule has 1 aromatic rings. The van der Waals surface area contributed by atoms with Gasteiger partial charge in [0.2, 0.25) is 29.5 Å². The minimum absolute atomic E-state index is 0.0855. The van der Waals surface area contributed by atoms with Crippen LogP contribution >= 0.6 is 47.0 Å². The van der Waals surface area contributed by atoms with E-state index in [0.717, 1.165) is 29.5 Å². The third kappa shape index (κ3) is 16.2. The predicted octanol–water partition coefficient (Wildman–Crippen LogP) is 2.03. The second-order valence-corrected chi connectivity index (χ2v) is 20.8. The van der Waals surface area contributed by atoms with Crippen LogP contribution in [0.2, 0.25) is 0 Å². The predicted molar refractivity (Wildman–Crippen MR) is 260 cm³/mol. The number of carboxylic acids is 2. The number of urea groups is 1. The monoisotopic (exact) mass is 1010 g/mol. The van der Waals surface area contributed by atoms with Crippen molar-refractivity contribution in [3.63, 3.8) is 0 Å². The third-order valence-corrected chi connectivity index (χ3v) is 16.2. The molecule has 8 unspecified atom stereocenters. The number of rotatable bonds is 28. The number of anilines is 1. The zero-order valence-electron chi connectivity index (χ0n) is 37.8. The highest BCUT2D eigenvalue weighted by molar-refractivity contribution is 8.01. The number of primary amides is 1. The van der Waals surface area contributed by atoms with Gasteiger partial charge in [0.05, 0.1) is 12.3 Å². The Hall–Kier alpha value is -4.65. The Bertz CT molecular complexity index is 2000. The van der Waals surface area contributed by atoms with Crippen molar-refractivity contribution in [3.8, 4) is 0 Å². The van der Waals surface area contributed by atoms with E-state index in [1.807, 2.05) is 20.8 Å². The van der Waals surface area contributed by atoms with Crippen molar-refractivity contribution >= 4 is 106 Å². The molecule has 8 atom stereocenters. The van der Waals surface area contributed by atoms with Crippen molar-refractivity contribution in [1.82, 2.24) is 31.5 Å². The first kappa shape index (κ1) is 55.0. The molecule has 370 valence electrons. The first-order valence-corrected chi connectivity index (χ1v) is 26.6. The molecule has 8 amide bonds. The normalized spacial score (nSPS) is 20.5. The number of nitrogens with one attached hydrogen (secondary N) is 6. The second kappa shape index (κ2) is 27.4. The highest BCUT2D eigenvalue weighted by Crippen LogP contribution is 2.42. The van der Waals surface area contributed by atoms with Crippen LogP contribution in [-0.2, 0) is 38.4 Å². The van der Waals surface area contributed by atoms with E-state index in [9.17, 15) is 53.4 Å². The van der Waals surface area contributed by atoms with Gasteiger partial charge in [0.25, 0.3) is 5.91 Å². The molecule has 0 saturated carbocycles. The average molecular weight is 1010 g/mol. The summed E-state index contributed by atoms with van der Waals surface area (Å²) in [5, 5.41) is 35.6. The van der Waals surface area contributed by atoms with E-state index in [2.05, 4.69) is 31.9 Å². The van der Waals surface area contributed by atoms with Gasteiger partial charge in [-0.15, -0.1) is 35.3 Å². The van der Waals surface area contributed by atoms with Crippen LogP contribution in [0.5, 0.6) is 0 Å². The molecule has 3 aliphatic heterocycles. The topological polar surface area (TPSA) is 322 Å². The molecule has 3 heterocycles. The number of aliphatic carboxylic acids is 2. The summed E-state index contributed by atoms with van der Waals surface area (Å²) in [6.07, 6.45) is 5.05. The standard InChI is InChI=1S/C43H63N9O11S4/c1-4-7-10-28(48-36(55)27(9-6-3)31-16-25(20-66-31)47-43(45)63)37(56)49-29(11-8-5-2)38(57)50-30(41(59)60)21-64-22-33(54)46-24-12-14-26(15-13-24)65-18-23-19-67-40-34(51-32(53)17-44)39(58)52(40)35(23)42(61)62/h12-15,25,27-31,34,40H,4-11,16-22,44H2,1-3H3,(H,46,54)(H,48,55)(H,49,56)(H,50,57)(H,51,53)(H,59,60)(H,61,62)(H3,45,47,63). The first-order chi connectivity index (χ1) is 32.0. The first-order valence-electron chi connectivity index (χ1n) is 22.3. The minimum Gasteiger partial charge on any atom is -0.480 e. The zero-order valence-corrected chi connectivity index (χ0v) is 41.1. The number of thioether (sulfide) groups is 4. The number of carboxylic acid groups (broad SMARTS) is 2. The maximum Gasteiger partial charge on any atom is 0.352 e. The summed E-state index contributed by atoms with van der Waals surface area (Å²) in [7, 11) is 0. The van der Waals surface area contributed by atoms with Gasteiger partial charge in [-0.05, 0) is 55.5 Å². The summed E-state index contributed by atoms with van der Waals surface area (Å²) >= 11 is 5.28. The van der Waals surface area contributed by atoms with Gasteiger partial charge in [-0.3, -0.25) is 33.7 Å². The highest BCUT2D eigenvalue weighted by Gasteiger charge is 2.54. The summed E-state index contributed by atoms with van der Waals surface area (Å²) in [6.45, 7) is 5.55. The van der Waals surface area contributed by atoms with Gasteiger partial charge in [0.15, 0.2) is 0 Å². The quantitative estimate of drug-likeness (QED) is 0.0424. The van der Waals surface area contributed by atoms with E-state index in [-0.39, 0.29) is 53.1 Å². The number of hydrogen-bond acceptors (Lipinski definition) is 14. The van der Waals surface area contributed by atoms with E-state index in [0.29, 0.717) is 61.3 Å². The molecule has 4 rings (SSSR count). The number of fused-ring (bicyclic) bond motifs is 1. The number of hydrogen-bond donors (Lipinski definition) is 10. The number of β-lactam (4-membered cyclic amide) rings is 1. The van der Waals surface area contributed by atoms with Gasteiger partial charge in [-0.25, -0.2) is 14.4 Å². The number of amides is 8. The highest BCUT2D eigenvalue weighted by atomic mass is 32.2. The molecule has 2 fully saturated rings. The second-order valence-electron chi connectivity index (χ2n) is 16.3. The molecule has 67 heavy (non-hydrogen) atoms. The van der Waals surface area contributed by atoms with Crippen LogP contribution in [-0.4, -0.2) is 145 Å². The van der Waals surface area contributed by atoms with Crippen molar-refractivity contribution in [2.24, 2.45) is 17.4 Å². The molecular formula is C43H63N9O11S4. The Morgan fingerprint density at radius 3 is 2.01 bits per heavy atom. The molecule has 20 nitrogen and oxygen atoms in total. The van der Waals surface area contributed by atoms with E-state index in [1.165, 1.54) is 28.4 Å². The van der Waals surface area contributed by atoms with Crippen LogP contribution in [0.15, 0.2) is 40.4 Å². The van der Waals surface area contributed by atoms with Crippen molar-refractivity contribution in [1.29, 1.82) is 0 Å². The largest absolute Gasteiger partial charge is 0.480 e. The van der Waals surface area contributed by atoms with Gasteiger partial charge >= 0.3 is 18.0 Å². The van der Waals surface area contributed by atoms with E-state index < -0.39 is 83.0 Å². The fourth-order valence-electron chi connectivity index (χ4n) is 7.69. The third-order valence-electron chi connectivity index (χ3n) is 11.2. The summed E-state index contributed by atoms with van der Waals surface area (Å²) < 4.78 is 0. The number of nitrogens with zero attached hydrogens (tertiary/aromatic N) is 1. The van der Waals surface area contributed by atoms with Crippen LogP contribution in [0.4, 0.5) is 10.5 Å². The number of carbonyl (C=O) groups excluding carboxylic acids is 7. The fraction of sp³-hybridized carbons (Fsp3) is 0.605. The molecule has 0 bridgehead atoms. The smallest absolute Gasteiger partial charge is 0.352 e. The number of nitrogens with two attached hydrogens (primary N) is 2. The lowest BCUT2D eigenvalue weighted by Gasteiger charge is -2.49. The zero-order chi connectivity index (χ0) is 49.2. The van der Waals surface area contributed by atoms with Gasteiger partial charge in [-0.1, -0.05) is 52.9 Å². The maximum atomic E-state index is 13.8. The fourth-order valence-corrected chi connectivity index (χ4v) is 12.5. The van der Waals surface area contributed by atoms with Crippen molar-refractivity contribution < 1.29 is 53.4 Å². The maximum absolute atomic E-state index is 13.8. The van der Waals surface area contributed by atoms with Gasteiger partial charge < -0.3 is 53.6 Å².